The number of benzene rings is 1. The largest absolute Gasteiger partial charge is 0.389 e. The van der Waals surface area contributed by atoms with Gasteiger partial charge < -0.3 is 10.4 Å². The first-order valence-corrected chi connectivity index (χ1v) is 7.94. The van der Waals surface area contributed by atoms with Crippen LogP contribution in [0.25, 0.3) is 0 Å². The topological polar surface area (TPSA) is 95.5 Å². The zero-order valence-corrected chi connectivity index (χ0v) is 12.0. The molecule has 1 aliphatic rings. The molecule has 110 valence electrons. The third kappa shape index (κ3) is 4.03. The molecule has 20 heavy (non-hydrogen) atoms. The minimum absolute atomic E-state index is 0.0705. The van der Waals surface area contributed by atoms with Crippen molar-refractivity contribution in [1.29, 1.82) is 0 Å². The van der Waals surface area contributed by atoms with Gasteiger partial charge in [0, 0.05) is 6.04 Å². The molecule has 1 atom stereocenters. The normalized spacial score (nSPS) is 16.7. The third-order valence-corrected chi connectivity index (χ3v) is 4.46. The summed E-state index contributed by atoms with van der Waals surface area (Å²) in [5.74, 6) is -0.323. The molecule has 1 saturated carbocycles. The van der Waals surface area contributed by atoms with Crippen LogP contribution in [-0.2, 0) is 14.8 Å². The highest BCUT2D eigenvalue weighted by molar-refractivity contribution is 7.89. The lowest BCUT2D eigenvalue weighted by atomic mass is 10.1. The molecule has 0 aliphatic heterocycles. The fourth-order valence-corrected chi connectivity index (χ4v) is 2.66. The third-order valence-electron chi connectivity index (χ3n) is 3.04. The SMILES string of the molecule is CC(O)c1ccc(S(=O)(=O)NCC(=O)NC2CC2)cc1. The van der Waals surface area contributed by atoms with E-state index in [1.54, 1.807) is 19.1 Å². The van der Waals surface area contributed by atoms with Crippen LogP contribution < -0.4 is 10.0 Å². The van der Waals surface area contributed by atoms with Crippen LogP contribution >= 0.6 is 0 Å². The number of aliphatic hydroxyl groups is 1. The average Bonchev–Trinajstić information content (AvgIpc) is 3.20. The van der Waals surface area contributed by atoms with E-state index in [0.717, 1.165) is 12.8 Å². The van der Waals surface area contributed by atoms with Crippen molar-refractivity contribution in [2.75, 3.05) is 6.54 Å². The smallest absolute Gasteiger partial charge is 0.241 e. The minimum Gasteiger partial charge on any atom is -0.389 e. The van der Waals surface area contributed by atoms with Crippen molar-refractivity contribution in [3.8, 4) is 0 Å². The van der Waals surface area contributed by atoms with Crippen molar-refractivity contribution < 1.29 is 18.3 Å². The first-order chi connectivity index (χ1) is 9.38. The maximum absolute atomic E-state index is 12.0. The summed E-state index contributed by atoms with van der Waals surface area (Å²) in [6, 6.07) is 6.11. The van der Waals surface area contributed by atoms with Crippen LogP contribution in [0, 0.1) is 0 Å². The Kier molecular flexibility index (Phi) is 4.42. The Morgan fingerprint density at radius 3 is 2.45 bits per heavy atom. The molecule has 3 N–H and O–H groups in total. The van der Waals surface area contributed by atoms with Crippen molar-refractivity contribution in [3.05, 3.63) is 29.8 Å². The van der Waals surface area contributed by atoms with Crippen molar-refractivity contribution in [2.24, 2.45) is 0 Å². The average molecular weight is 298 g/mol. The molecule has 1 aromatic rings. The molecule has 1 aliphatic carbocycles. The summed E-state index contributed by atoms with van der Waals surface area (Å²) in [6.45, 7) is 1.33. The summed E-state index contributed by atoms with van der Waals surface area (Å²) in [6.07, 6.45) is 1.27. The predicted molar refractivity (Wildman–Crippen MR) is 73.4 cm³/mol. The molecule has 2 rings (SSSR count). The van der Waals surface area contributed by atoms with Crippen LogP contribution in [0.2, 0.25) is 0 Å². The molecule has 1 aromatic carbocycles. The summed E-state index contributed by atoms with van der Waals surface area (Å²) in [7, 11) is -3.71. The molecule has 0 saturated heterocycles. The lowest BCUT2D eigenvalue weighted by molar-refractivity contribution is -0.120. The van der Waals surface area contributed by atoms with Gasteiger partial charge in [0.1, 0.15) is 0 Å². The molecule has 1 fully saturated rings. The van der Waals surface area contributed by atoms with E-state index in [9.17, 15) is 18.3 Å². The molecular formula is C13H18N2O4S. The highest BCUT2D eigenvalue weighted by atomic mass is 32.2. The van der Waals surface area contributed by atoms with Gasteiger partial charge in [-0.1, -0.05) is 12.1 Å². The van der Waals surface area contributed by atoms with E-state index in [2.05, 4.69) is 10.0 Å². The van der Waals surface area contributed by atoms with Crippen molar-refractivity contribution in [1.82, 2.24) is 10.0 Å². The van der Waals surface area contributed by atoms with Crippen molar-refractivity contribution in [2.45, 2.75) is 36.8 Å². The predicted octanol–water partition coefficient (Wildman–Crippen LogP) is 0.297. The van der Waals surface area contributed by atoms with Crippen LogP contribution in [0.15, 0.2) is 29.2 Å². The standard InChI is InChI=1S/C13H18N2O4S/c1-9(16)10-2-6-12(7-3-10)20(18,19)14-8-13(17)15-11-4-5-11/h2-3,6-7,9,11,14,16H,4-5,8H2,1H3,(H,15,17). The first-order valence-electron chi connectivity index (χ1n) is 6.45. The highest BCUT2D eigenvalue weighted by Crippen LogP contribution is 2.18. The van der Waals surface area contributed by atoms with E-state index in [4.69, 9.17) is 0 Å². The lowest BCUT2D eigenvalue weighted by Gasteiger charge is -2.09. The molecule has 7 heteroatoms. The quantitative estimate of drug-likeness (QED) is 0.704. The lowest BCUT2D eigenvalue weighted by Crippen LogP contribution is -2.37. The second-order valence-electron chi connectivity index (χ2n) is 4.91. The van der Waals surface area contributed by atoms with Gasteiger partial charge in [-0.2, -0.15) is 0 Å². The number of rotatable bonds is 6. The molecule has 0 heterocycles. The maximum Gasteiger partial charge on any atom is 0.241 e. The van der Waals surface area contributed by atoms with E-state index >= 15 is 0 Å². The minimum atomic E-state index is -3.71. The second kappa shape index (κ2) is 5.90. The number of hydrogen-bond donors (Lipinski definition) is 3. The van der Waals surface area contributed by atoms with Gasteiger partial charge in [0.05, 0.1) is 17.5 Å². The summed E-state index contributed by atoms with van der Waals surface area (Å²) >= 11 is 0. The molecule has 0 aromatic heterocycles. The van der Waals surface area contributed by atoms with E-state index < -0.39 is 16.1 Å². The number of sulfonamides is 1. The number of carbonyl (C=O) groups is 1. The van der Waals surface area contributed by atoms with Crippen LogP contribution in [0.3, 0.4) is 0 Å². The number of nitrogens with one attached hydrogen (secondary N) is 2. The molecular weight excluding hydrogens is 280 g/mol. The van der Waals surface area contributed by atoms with Crippen molar-refractivity contribution >= 4 is 15.9 Å². The first kappa shape index (κ1) is 15.0. The van der Waals surface area contributed by atoms with Gasteiger partial charge in [0.2, 0.25) is 15.9 Å². The van der Waals surface area contributed by atoms with Crippen molar-refractivity contribution in [3.63, 3.8) is 0 Å². The molecule has 1 amide bonds. The second-order valence-corrected chi connectivity index (χ2v) is 6.68. The molecule has 1 unspecified atom stereocenters. The molecule has 0 radical (unpaired) electrons. The van der Waals surface area contributed by atoms with E-state index in [-0.39, 0.29) is 23.4 Å². The summed E-state index contributed by atoms with van der Waals surface area (Å²) in [5.41, 5.74) is 0.635. The Hall–Kier alpha value is -1.44. The van der Waals surface area contributed by atoms with Crippen LogP contribution in [0.5, 0.6) is 0 Å². The Labute approximate surface area is 118 Å². The fourth-order valence-electron chi connectivity index (χ4n) is 1.68. The monoisotopic (exact) mass is 298 g/mol. The van der Waals surface area contributed by atoms with Gasteiger partial charge in [0.15, 0.2) is 0 Å². The number of hydrogen-bond acceptors (Lipinski definition) is 4. The Balaban J connectivity index is 1.96. The number of carbonyl (C=O) groups excluding carboxylic acids is 1. The van der Waals surface area contributed by atoms with Gasteiger partial charge in [-0.15, -0.1) is 0 Å². The summed E-state index contributed by atoms with van der Waals surface area (Å²) in [5, 5.41) is 12.1. The van der Waals surface area contributed by atoms with Gasteiger partial charge in [-0.25, -0.2) is 13.1 Å². The van der Waals surface area contributed by atoms with Crippen LogP contribution in [0.4, 0.5) is 0 Å². The summed E-state index contributed by atoms with van der Waals surface area (Å²) < 4.78 is 26.2. The van der Waals surface area contributed by atoms with Gasteiger partial charge >= 0.3 is 0 Å². The molecule has 6 nitrogen and oxygen atoms in total. The fraction of sp³-hybridized carbons (Fsp3) is 0.462. The van der Waals surface area contributed by atoms with E-state index in [1.807, 2.05) is 0 Å². The van der Waals surface area contributed by atoms with Gasteiger partial charge in [-0.05, 0) is 37.5 Å². The Bertz CT molecular complexity index is 577. The van der Waals surface area contributed by atoms with E-state index in [0.29, 0.717) is 5.56 Å². The molecule has 0 spiro atoms. The zero-order valence-electron chi connectivity index (χ0n) is 11.2. The Morgan fingerprint density at radius 1 is 1.35 bits per heavy atom. The maximum atomic E-state index is 12.0. The van der Waals surface area contributed by atoms with Gasteiger partial charge in [-0.3, -0.25) is 4.79 Å². The highest BCUT2D eigenvalue weighted by Gasteiger charge is 2.24. The van der Waals surface area contributed by atoms with E-state index in [1.165, 1.54) is 12.1 Å². The number of aliphatic hydroxyl groups excluding tert-OH is 1. The van der Waals surface area contributed by atoms with Crippen LogP contribution in [0.1, 0.15) is 31.4 Å². The Morgan fingerprint density at radius 2 is 1.95 bits per heavy atom. The van der Waals surface area contributed by atoms with Gasteiger partial charge in [0.25, 0.3) is 0 Å². The zero-order chi connectivity index (χ0) is 14.8. The summed E-state index contributed by atoms with van der Waals surface area (Å²) in [4.78, 5) is 11.5. The van der Waals surface area contributed by atoms with Crippen LogP contribution in [-0.4, -0.2) is 32.0 Å². The molecule has 0 bridgehead atoms. The number of amides is 1.